The van der Waals surface area contributed by atoms with Crippen LogP contribution >= 0.6 is 11.6 Å². The van der Waals surface area contributed by atoms with E-state index in [9.17, 15) is 4.79 Å². The molecule has 2 N–H and O–H groups in total. The Kier molecular flexibility index (Phi) is 10.9. The molecule has 0 unspecified atom stereocenters. The van der Waals surface area contributed by atoms with Crippen LogP contribution in [-0.4, -0.2) is 112 Å². The van der Waals surface area contributed by atoms with E-state index in [2.05, 4.69) is 59.9 Å². The number of likely N-dealkylation sites (N-methyl/N-ethyl adjacent to an activating group) is 1. The van der Waals surface area contributed by atoms with Gasteiger partial charge < -0.3 is 24.4 Å². The van der Waals surface area contributed by atoms with Crippen LogP contribution < -0.4 is 10.2 Å². The molecule has 9 rings (SSSR count). The Labute approximate surface area is 342 Å². The number of hydrogen-bond acceptors (Lipinski definition) is 7. The number of piperidine rings is 3. The Bertz CT molecular complexity index is 2260. The summed E-state index contributed by atoms with van der Waals surface area (Å²) in [5, 5.41) is 5.79. The van der Waals surface area contributed by atoms with E-state index in [0.29, 0.717) is 37.1 Å². The minimum Gasteiger partial charge on any atom is -0.375 e. The van der Waals surface area contributed by atoms with Crippen LogP contribution in [0.3, 0.4) is 0 Å². The van der Waals surface area contributed by atoms with E-state index in [0.717, 1.165) is 86.7 Å². The number of benzene rings is 3. The third-order valence-corrected chi connectivity index (χ3v) is 13.2. The molecule has 6 heterocycles. The molecule has 4 aliphatic rings. The molecule has 3 aromatic carbocycles. The monoisotopic (exact) mass is 807 g/mol. The number of nitrogens with zero attached hydrogens (tertiary/aromatic N) is 6. The van der Waals surface area contributed by atoms with Gasteiger partial charge in [-0.1, -0.05) is 54.1 Å². The number of nitrogens with one attached hydrogen (secondary N) is 2. The van der Waals surface area contributed by atoms with Gasteiger partial charge in [-0.05, 0) is 72.7 Å². The highest BCUT2D eigenvalue weighted by Gasteiger charge is 2.62. The van der Waals surface area contributed by atoms with Gasteiger partial charge in [-0.15, -0.1) is 0 Å². The van der Waals surface area contributed by atoms with Crippen LogP contribution in [0.4, 0.5) is 14.6 Å². The van der Waals surface area contributed by atoms with Gasteiger partial charge in [-0.2, -0.15) is 0 Å². The fourth-order valence-electron chi connectivity index (χ4n) is 9.42. The fourth-order valence-corrected chi connectivity index (χ4v) is 9.54. The third-order valence-electron chi connectivity index (χ3n) is 12.9. The standard InChI is InChI=1S/C45H49ClF2N8O2/c1-53-44(45(53)17-25-55(26-18-45)42-36-11-19-49-41(36)50-29-51-42)52-39(31-7-9-33(46)10-8-31)16-22-54-20-12-34(13-21-54)58-35-14-23-56(24-15-35)43(57)40-37(47)27-32(28-38(40)48)30-5-3-2-4-6-30/h2-11,19,27-29,34-35,39H,12-18,20-26H2,1H3,(H,49,50,51)/p+1/t39-,53?/m0/s1. The highest BCUT2D eigenvalue weighted by molar-refractivity contribution is 6.30. The van der Waals surface area contributed by atoms with Crippen LogP contribution in [-0.2, 0) is 4.74 Å². The molecule has 2 aromatic heterocycles. The minimum absolute atomic E-state index is 0.0246. The van der Waals surface area contributed by atoms with E-state index >= 15 is 8.78 Å². The lowest BCUT2D eigenvalue weighted by molar-refractivity contribution is -0.478. The number of carbonyl (C=O) groups excluding carboxylic acids is 1. The van der Waals surface area contributed by atoms with Gasteiger partial charge in [-0.3, -0.25) is 10.1 Å². The number of anilines is 1. The zero-order valence-electron chi connectivity index (χ0n) is 32.8. The third kappa shape index (κ3) is 7.81. The first-order valence-corrected chi connectivity index (χ1v) is 21.0. The predicted octanol–water partition coefficient (Wildman–Crippen LogP) is 7.46. The number of likely N-dealkylation sites (tertiary alicyclic amines) is 2. The molecule has 1 atom stereocenters. The van der Waals surface area contributed by atoms with Crippen molar-refractivity contribution >= 4 is 40.2 Å². The van der Waals surface area contributed by atoms with Gasteiger partial charge in [0.05, 0.1) is 24.6 Å². The zero-order chi connectivity index (χ0) is 39.8. The first kappa shape index (κ1) is 38.6. The fraction of sp³-hybridized carbons (Fsp3) is 0.422. The Balaban J connectivity index is 0.747. The predicted molar refractivity (Wildman–Crippen MR) is 222 cm³/mol. The lowest BCUT2D eigenvalue weighted by Crippen LogP contribution is -2.45. The second-order valence-corrected chi connectivity index (χ2v) is 16.7. The molecule has 0 bridgehead atoms. The largest absolute Gasteiger partial charge is 0.375 e. The number of H-pyrrole nitrogens is 1. The molecule has 5 aromatic rings. The topological polar surface area (TPSA) is 92.6 Å². The van der Waals surface area contributed by atoms with E-state index in [4.69, 9.17) is 16.3 Å². The molecule has 13 heteroatoms. The molecule has 0 aliphatic carbocycles. The number of carbonyl (C=O) groups is 1. The summed E-state index contributed by atoms with van der Waals surface area (Å²) in [5.74, 6) is 0.0549. The molecule has 1 spiro atoms. The number of fused-ring (bicyclic) bond motifs is 1. The highest BCUT2D eigenvalue weighted by Crippen LogP contribution is 2.39. The van der Waals surface area contributed by atoms with Crippen molar-refractivity contribution in [1.82, 2.24) is 30.1 Å². The molecule has 302 valence electrons. The highest BCUT2D eigenvalue weighted by atomic mass is 35.5. The Morgan fingerprint density at radius 3 is 2.28 bits per heavy atom. The van der Waals surface area contributed by atoms with Crippen LogP contribution in [0.15, 0.2) is 85.3 Å². The van der Waals surface area contributed by atoms with Gasteiger partial charge >= 0.3 is 0 Å². The van der Waals surface area contributed by atoms with Crippen LogP contribution in [0, 0.1) is 11.6 Å². The first-order chi connectivity index (χ1) is 28.3. The number of amides is 1. The average Bonchev–Trinajstić information content (AvgIpc) is 3.51. The number of ether oxygens (including phenoxy) is 1. The van der Waals surface area contributed by atoms with Gasteiger partial charge in [0.15, 0.2) is 0 Å². The van der Waals surface area contributed by atoms with Crippen LogP contribution in [0.2, 0.25) is 5.02 Å². The van der Waals surface area contributed by atoms with Gasteiger partial charge in [0.1, 0.15) is 41.0 Å². The number of aromatic nitrogens is 3. The van der Waals surface area contributed by atoms with E-state index in [-0.39, 0.29) is 23.8 Å². The van der Waals surface area contributed by atoms with Crippen molar-refractivity contribution < 1.29 is 22.9 Å². The Morgan fingerprint density at radius 1 is 0.914 bits per heavy atom. The van der Waals surface area contributed by atoms with Crippen LogP contribution in [0.1, 0.15) is 66.9 Å². The number of hydrogen-bond donors (Lipinski definition) is 2. The molecular formula is C45H50ClF2N8O2+. The molecule has 3 fully saturated rings. The molecule has 58 heavy (non-hydrogen) atoms. The van der Waals surface area contributed by atoms with E-state index in [1.165, 1.54) is 23.5 Å². The smallest absolute Gasteiger partial charge is 0.295 e. The van der Waals surface area contributed by atoms with Crippen LogP contribution in [0.25, 0.3) is 22.2 Å². The maximum absolute atomic E-state index is 15.1. The van der Waals surface area contributed by atoms with Crippen molar-refractivity contribution in [2.75, 3.05) is 57.8 Å². The maximum atomic E-state index is 15.1. The maximum Gasteiger partial charge on any atom is 0.295 e. The average molecular weight is 808 g/mol. The number of halogens is 3. The summed E-state index contributed by atoms with van der Waals surface area (Å²) in [6.45, 7) is 5.56. The number of amidine groups is 1. The van der Waals surface area contributed by atoms with Crippen molar-refractivity contribution in [1.29, 1.82) is 0 Å². The normalized spacial score (nSPS) is 19.6. The van der Waals surface area contributed by atoms with Crippen LogP contribution in [0.5, 0.6) is 0 Å². The minimum atomic E-state index is -0.832. The molecular weight excluding hydrogens is 758 g/mol. The van der Waals surface area contributed by atoms with E-state index < -0.39 is 23.1 Å². The van der Waals surface area contributed by atoms with Gasteiger partial charge in [0.25, 0.3) is 11.7 Å². The van der Waals surface area contributed by atoms with Gasteiger partial charge in [0.2, 0.25) is 5.54 Å². The molecule has 4 aliphatic heterocycles. The summed E-state index contributed by atoms with van der Waals surface area (Å²) < 4.78 is 39.2. The lowest BCUT2D eigenvalue weighted by atomic mass is 9.92. The quantitative estimate of drug-likeness (QED) is 0.142. The second kappa shape index (κ2) is 16.4. The summed E-state index contributed by atoms with van der Waals surface area (Å²) in [7, 11) is 2.21. The number of rotatable bonds is 10. The van der Waals surface area contributed by atoms with Gasteiger partial charge in [0, 0.05) is 76.3 Å². The SMILES string of the molecule is C[N+]1=C(N[C@@H](CCN2CCC(OC3CCN(C(=O)c4c(F)cc(-c5ccccc5)cc4F)CC3)CC2)c2ccc(Cl)cc2)C12CCN(c1ncnc3[nH]ccc13)CC2. The Hall–Kier alpha value is -4.91. The van der Waals surface area contributed by atoms with Crippen molar-refractivity contribution in [2.45, 2.75) is 68.7 Å². The second-order valence-electron chi connectivity index (χ2n) is 16.3. The van der Waals surface area contributed by atoms with Crippen molar-refractivity contribution in [2.24, 2.45) is 0 Å². The number of aromatic amines is 1. The van der Waals surface area contributed by atoms with E-state index in [1.807, 2.05) is 36.5 Å². The van der Waals surface area contributed by atoms with Crippen molar-refractivity contribution in [3.63, 3.8) is 0 Å². The molecule has 3 saturated heterocycles. The molecule has 0 saturated carbocycles. The van der Waals surface area contributed by atoms with Crippen molar-refractivity contribution in [3.8, 4) is 11.1 Å². The lowest BCUT2D eigenvalue weighted by Gasteiger charge is -2.37. The first-order valence-electron chi connectivity index (χ1n) is 20.6. The molecule has 10 nitrogen and oxygen atoms in total. The zero-order valence-corrected chi connectivity index (χ0v) is 33.6. The summed E-state index contributed by atoms with van der Waals surface area (Å²) in [4.78, 5) is 32.0. The Morgan fingerprint density at radius 2 is 1.59 bits per heavy atom. The summed E-state index contributed by atoms with van der Waals surface area (Å²) in [6, 6.07) is 22.0. The summed E-state index contributed by atoms with van der Waals surface area (Å²) in [6.07, 6.45) is 9.96. The summed E-state index contributed by atoms with van der Waals surface area (Å²) >= 11 is 6.32. The molecule has 1 amide bonds. The van der Waals surface area contributed by atoms with Crippen molar-refractivity contribution in [3.05, 3.63) is 113 Å². The van der Waals surface area contributed by atoms with E-state index in [1.54, 1.807) is 23.4 Å². The summed E-state index contributed by atoms with van der Waals surface area (Å²) in [5.41, 5.74) is 2.78. The molecule has 0 radical (unpaired) electrons. The van der Waals surface area contributed by atoms with Gasteiger partial charge in [-0.25, -0.2) is 23.3 Å².